The lowest BCUT2D eigenvalue weighted by Gasteiger charge is -2.12. The Balaban J connectivity index is 2.07. The number of hydrogen-bond acceptors (Lipinski definition) is 6. The molecule has 0 radical (unpaired) electrons. The molecular formula is C15H20N6O2. The van der Waals surface area contributed by atoms with Crippen LogP contribution in [0, 0.1) is 13.8 Å². The van der Waals surface area contributed by atoms with E-state index in [-0.39, 0.29) is 23.8 Å². The van der Waals surface area contributed by atoms with E-state index in [0.29, 0.717) is 18.1 Å². The maximum atomic E-state index is 12.2. The molecule has 8 heteroatoms. The lowest BCUT2D eigenvalue weighted by Crippen LogP contribution is -2.34. The molecule has 2 heterocycles. The number of anilines is 2. The summed E-state index contributed by atoms with van der Waals surface area (Å²) in [5.41, 5.74) is 7.53. The number of nitrogens with zero attached hydrogens (tertiary/aromatic N) is 3. The highest BCUT2D eigenvalue weighted by atomic mass is 16.2. The van der Waals surface area contributed by atoms with Crippen molar-refractivity contribution in [3.8, 4) is 0 Å². The standard InChI is InChI=1S/C15H20N6O2/c1-9-6-19-14(17-3)15(23)21(9)8-13(22)18-7-11-4-5-12(16)20-10(11)2/h4-6H,7-8H2,1-3H3,(H2,16,20)(H,17,19)(H,18,22). The second kappa shape index (κ2) is 6.91. The monoisotopic (exact) mass is 316 g/mol. The van der Waals surface area contributed by atoms with E-state index < -0.39 is 0 Å². The highest BCUT2D eigenvalue weighted by Gasteiger charge is 2.11. The molecule has 0 aromatic carbocycles. The molecule has 0 unspecified atom stereocenters. The molecular weight excluding hydrogens is 296 g/mol. The van der Waals surface area contributed by atoms with Gasteiger partial charge >= 0.3 is 0 Å². The number of pyridine rings is 1. The fraction of sp³-hybridized carbons (Fsp3) is 0.333. The molecule has 2 aromatic rings. The fourth-order valence-corrected chi connectivity index (χ4v) is 2.13. The normalized spacial score (nSPS) is 10.4. The number of nitrogens with two attached hydrogens (primary N) is 1. The van der Waals surface area contributed by atoms with Crippen LogP contribution in [0.2, 0.25) is 0 Å². The van der Waals surface area contributed by atoms with Gasteiger partial charge in [-0.1, -0.05) is 6.07 Å². The van der Waals surface area contributed by atoms with E-state index in [1.54, 1.807) is 26.2 Å². The predicted molar refractivity (Wildman–Crippen MR) is 88.0 cm³/mol. The van der Waals surface area contributed by atoms with E-state index in [2.05, 4.69) is 20.6 Å². The van der Waals surface area contributed by atoms with Gasteiger partial charge < -0.3 is 16.4 Å². The van der Waals surface area contributed by atoms with E-state index in [1.165, 1.54) is 4.57 Å². The lowest BCUT2D eigenvalue weighted by atomic mass is 10.2. The number of nitrogen functional groups attached to an aromatic ring is 1. The number of rotatable bonds is 5. The number of amides is 1. The summed E-state index contributed by atoms with van der Waals surface area (Å²) in [6, 6.07) is 3.51. The number of nitrogens with one attached hydrogen (secondary N) is 2. The van der Waals surface area contributed by atoms with Gasteiger partial charge in [-0.15, -0.1) is 0 Å². The van der Waals surface area contributed by atoms with Crippen molar-refractivity contribution in [2.75, 3.05) is 18.1 Å². The van der Waals surface area contributed by atoms with Gasteiger partial charge in [0, 0.05) is 31.2 Å². The van der Waals surface area contributed by atoms with Crippen LogP contribution in [0.4, 0.5) is 11.6 Å². The van der Waals surface area contributed by atoms with Crippen LogP contribution in [0.1, 0.15) is 17.0 Å². The van der Waals surface area contributed by atoms with Gasteiger partial charge in [-0.05, 0) is 25.5 Å². The van der Waals surface area contributed by atoms with E-state index >= 15 is 0 Å². The minimum absolute atomic E-state index is 0.0662. The third-order valence-electron chi connectivity index (χ3n) is 3.49. The smallest absolute Gasteiger partial charge is 0.293 e. The minimum atomic E-state index is -0.326. The Kier molecular flexibility index (Phi) is 4.95. The van der Waals surface area contributed by atoms with E-state index in [0.717, 1.165) is 11.3 Å². The SMILES string of the molecule is CNc1ncc(C)n(CC(=O)NCc2ccc(N)nc2C)c1=O. The number of hydrogen-bond donors (Lipinski definition) is 3. The quantitative estimate of drug-likeness (QED) is 0.725. The molecule has 2 rings (SSSR count). The van der Waals surface area contributed by atoms with Crippen molar-refractivity contribution in [1.82, 2.24) is 19.9 Å². The average molecular weight is 316 g/mol. The molecule has 0 aliphatic rings. The molecule has 122 valence electrons. The number of aromatic nitrogens is 3. The van der Waals surface area contributed by atoms with Crippen molar-refractivity contribution < 1.29 is 4.79 Å². The lowest BCUT2D eigenvalue weighted by molar-refractivity contribution is -0.121. The number of aryl methyl sites for hydroxylation is 2. The zero-order chi connectivity index (χ0) is 17.0. The molecule has 1 amide bonds. The van der Waals surface area contributed by atoms with Crippen LogP contribution in [0.15, 0.2) is 23.1 Å². The molecule has 0 atom stereocenters. The average Bonchev–Trinajstić information content (AvgIpc) is 2.50. The van der Waals surface area contributed by atoms with Crippen LogP contribution < -0.4 is 21.9 Å². The predicted octanol–water partition coefficient (Wildman–Crippen LogP) is 0.195. The van der Waals surface area contributed by atoms with Crippen molar-refractivity contribution in [3.63, 3.8) is 0 Å². The van der Waals surface area contributed by atoms with Gasteiger partial charge in [0.05, 0.1) is 0 Å². The van der Waals surface area contributed by atoms with Gasteiger partial charge in [-0.25, -0.2) is 9.97 Å². The first-order valence-corrected chi connectivity index (χ1v) is 7.15. The summed E-state index contributed by atoms with van der Waals surface area (Å²) in [5, 5.41) is 5.49. The summed E-state index contributed by atoms with van der Waals surface area (Å²) in [4.78, 5) is 32.4. The van der Waals surface area contributed by atoms with Crippen molar-refractivity contribution in [1.29, 1.82) is 0 Å². The van der Waals surface area contributed by atoms with Crippen LogP contribution in [0.3, 0.4) is 0 Å². The largest absolute Gasteiger partial charge is 0.384 e. The molecule has 0 fully saturated rings. The van der Waals surface area contributed by atoms with Gasteiger partial charge in [0.15, 0.2) is 5.82 Å². The fourth-order valence-electron chi connectivity index (χ4n) is 2.13. The third-order valence-corrected chi connectivity index (χ3v) is 3.49. The molecule has 0 aliphatic carbocycles. The van der Waals surface area contributed by atoms with Crippen molar-refractivity contribution in [2.24, 2.45) is 0 Å². The zero-order valence-corrected chi connectivity index (χ0v) is 13.4. The van der Waals surface area contributed by atoms with Crippen LogP contribution in [0.5, 0.6) is 0 Å². The summed E-state index contributed by atoms with van der Waals surface area (Å²) in [7, 11) is 1.61. The highest BCUT2D eigenvalue weighted by molar-refractivity contribution is 5.75. The van der Waals surface area contributed by atoms with Gasteiger partial charge in [0.2, 0.25) is 5.91 Å². The Morgan fingerprint density at radius 2 is 2.09 bits per heavy atom. The molecule has 4 N–H and O–H groups in total. The van der Waals surface area contributed by atoms with Crippen LogP contribution in [-0.2, 0) is 17.9 Å². The zero-order valence-electron chi connectivity index (χ0n) is 13.4. The minimum Gasteiger partial charge on any atom is -0.384 e. The summed E-state index contributed by atoms with van der Waals surface area (Å²) in [6.07, 6.45) is 1.55. The van der Waals surface area contributed by atoms with Gasteiger partial charge in [-0.3, -0.25) is 14.2 Å². The van der Waals surface area contributed by atoms with E-state index in [1.807, 2.05) is 13.0 Å². The second-order valence-electron chi connectivity index (χ2n) is 5.15. The molecule has 0 aliphatic heterocycles. The Labute approximate surface area is 133 Å². The molecule has 0 saturated carbocycles. The Morgan fingerprint density at radius 1 is 1.35 bits per heavy atom. The second-order valence-corrected chi connectivity index (χ2v) is 5.15. The maximum Gasteiger partial charge on any atom is 0.293 e. The highest BCUT2D eigenvalue weighted by Crippen LogP contribution is 2.07. The molecule has 2 aromatic heterocycles. The first-order valence-electron chi connectivity index (χ1n) is 7.15. The van der Waals surface area contributed by atoms with Gasteiger partial charge in [-0.2, -0.15) is 0 Å². The Hall–Kier alpha value is -2.90. The van der Waals surface area contributed by atoms with Crippen molar-refractivity contribution in [3.05, 3.63) is 45.6 Å². The number of carbonyl (C=O) groups excluding carboxylic acids is 1. The van der Waals surface area contributed by atoms with Crippen LogP contribution in [0.25, 0.3) is 0 Å². The maximum absolute atomic E-state index is 12.2. The third kappa shape index (κ3) is 3.85. The van der Waals surface area contributed by atoms with Crippen molar-refractivity contribution in [2.45, 2.75) is 26.9 Å². The number of carbonyl (C=O) groups is 1. The van der Waals surface area contributed by atoms with Gasteiger partial charge in [0.1, 0.15) is 12.4 Å². The molecule has 8 nitrogen and oxygen atoms in total. The van der Waals surface area contributed by atoms with Crippen LogP contribution in [-0.4, -0.2) is 27.5 Å². The summed E-state index contributed by atoms with van der Waals surface area (Å²) >= 11 is 0. The molecule has 23 heavy (non-hydrogen) atoms. The molecule has 0 bridgehead atoms. The van der Waals surface area contributed by atoms with Crippen LogP contribution >= 0.6 is 0 Å². The van der Waals surface area contributed by atoms with Gasteiger partial charge in [0.25, 0.3) is 5.56 Å². The summed E-state index contributed by atoms with van der Waals surface area (Å²) in [6.45, 7) is 3.82. The van der Waals surface area contributed by atoms with Crippen molar-refractivity contribution >= 4 is 17.5 Å². The summed E-state index contributed by atoms with van der Waals surface area (Å²) in [5.74, 6) is 0.387. The Morgan fingerprint density at radius 3 is 2.74 bits per heavy atom. The summed E-state index contributed by atoms with van der Waals surface area (Å²) < 4.78 is 1.38. The van der Waals surface area contributed by atoms with E-state index in [4.69, 9.17) is 5.73 Å². The molecule has 0 saturated heterocycles. The topological polar surface area (TPSA) is 115 Å². The van der Waals surface area contributed by atoms with E-state index in [9.17, 15) is 9.59 Å². The molecule has 0 spiro atoms. The first kappa shape index (κ1) is 16.5. The first-order chi connectivity index (χ1) is 10.9. The Bertz CT molecular complexity index is 784.